The molecule has 0 radical (unpaired) electrons. The molecule has 2 rings (SSSR count). The highest BCUT2D eigenvalue weighted by Gasteiger charge is 2.36. The van der Waals surface area contributed by atoms with Crippen molar-refractivity contribution in [1.29, 1.82) is 5.26 Å². The Morgan fingerprint density at radius 1 is 1.52 bits per heavy atom. The van der Waals surface area contributed by atoms with Crippen molar-refractivity contribution >= 4 is 17.7 Å². The second-order valence-electron chi connectivity index (χ2n) is 7.66. The molecule has 1 aliphatic heterocycles. The number of nitriles is 1. The van der Waals surface area contributed by atoms with Crippen LogP contribution in [0, 0.1) is 24.8 Å². The van der Waals surface area contributed by atoms with Crippen molar-refractivity contribution in [1.82, 2.24) is 0 Å². The van der Waals surface area contributed by atoms with E-state index in [1.807, 2.05) is 13.0 Å². The summed E-state index contributed by atoms with van der Waals surface area (Å²) in [6.45, 7) is 18.5. The molecule has 0 N–H and O–H groups in total. The smallest absolute Gasteiger partial charge is 0.305 e. The van der Waals surface area contributed by atoms with Crippen molar-refractivity contribution in [3.63, 3.8) is 0 Å². The molecule has 5 nitrogen and oxygen atoms in total. The van der Waals surface area contributed by atoms with Gasteiger partial charge in [-0.25, -0.2) is 10.1 Å². The quantitative estimate of drug-likeness (QED) is 0.426. The zero-order valence-electron chi connectivity index (χ0n) is 16.8. The molecule has 27 heavy (non-hydrogen) atoms. The highest BCUT2D eigenvalue weighted by Crippen LogP contribution is 2.44. The lowest BCUT2D eigenvalue weighted by Gasteiger charge is -2.47. The van der Waals surface area contributed by atoms with Crippen LogP contribution in [0.25, 0.3) is 10.9 Å². The molecule has 0 aliphatic carbocycles. The van der Waals surface area contributed by atoms with Crippen molar-refractivity contribution in [3.05, 3.63) is 45.9 Å². The fourth-order valence-electron chi connectivity index (χ4n) is 3.82. The van der Waals surface area contributed by atoms with Gasteiger partial charge in [0.1, 0.15) is 6.61 Å². The molecule has 0 fully saturated rings. The fraction of sp³-hybridized carbons (Fsp3) is 0.500. The first kappa shape index (κ1) is 20.5. The number of anilines is 1. The van der Waals surface area contributed by atoms with Crippen LogP contribution in [-0.4, -0.2) is 24.7 Å². The summed E-state index contributed by atoms with van der Waals surface area (Å²) in [6.07, 6.45) is 3.01. The summed E-state index contributed by atoms with van der Waals surface area (Å²) in [5.74, 6) is 0.175. The molecule has 1 unspecified atom stereocenters. The van der Waals surface area contributed by atoms with Crippen LogP contribution in [0.15, 0.2) is 17.8 Å². The number of allylic oxidation sites excluding steroid dienone is 1. The Morgan fingerprint density at radius 3 is 2.81 bits per heavy atom. The first-order valence-corrected chi connectivity index (χ1v) is 9.30. The predicted octanol–water partition coefficient (Wildman–Crippen LogP) is 4.82. The lowest BCUT2D eigenvalue weighted by atomic mass is 9.79. The summed E-state index contributed by atoms with van der Waals surface area (Å²) in [4.78, 5) is 17.1. The fourth-order valence-corrected chi connectivity index (χ4v) is 3.82. The Bertz CT molecular complexity index is 824. The molecular weight excluding hydrogens is 338 g/mol. The van der Waals surface area contributed by atoms with Gasteiger partial charge in [-0.05, 0) is 61.9 Å². The molecule has 1 aromatic rings. The van der Waals surface area contributed by atoms with Crippen molar-refractivity contribution in [2.24, 2.45) is 0 Å². The molecule has 0 aromatic heterocycles. The van der Waals surface area contributed by atoms with Crippen molar-refractivity contribution in [2.75, 3.05) is 18.1 Å². The third-order valence-corrected chi connectivity index (χ3v) is 5.17. The number of nitrogens with zero attached hydrogens (tertiary/aromatic N) is 3. The lowest BCUT2D eigenvalue weighted by molar-refractivity contribution is -0.143. The Labute approximate surface area is 162 Å². The van der Waals surface area contributed by atoms with E-state index in [1.54, 1.807) is 13.0 Å². The average Bonchev–Trinajstić information content (AvgIpc) is 2.62. The summed E-state index contributed by atoms with van der Waals surface area (Å²) in [5, 5.41) is 9.06. The normalized spacial score (nSPS) is 18.3. The molecule has 1 heterocycles. The van der Waals surface area contributed by atoms with Gasteiger partial charge in [0.25, 0.3) is 5.70 Å². The summed E-state index contributed by atoms with van der Waals surface area (Å²) in [6, 6.07) is 6.15. The van der Waals surface area contributed by atoms with Crippen LogP contribution in [0.1, 0.15) is 63.1 Å². The van der Waals surface area contributed by atoms with Gasteiger partial charge in [-0.3, -0.25) is 4.79 Å². The molecule has 142 valence electrons. The Morgan fingerprint density at radius 2 is 2.22 bits per heavy atom. The number of aryl methyl sites for hydroxylation is 1. The van der Waals surface area contributed by atoms with Gasteiger partial charge in [-0.15, -0.1) is 0 Å². The van der Waals surface area contributed by atoms with Crippen LogP contribution in [-0.2, 0) is 9.53 Å². The zero-order valence-corrected chi connectivity index (χ0v) is 16.8. The van der Waals surface area contributed by atoms with Crippen LogP contribution < -0.4 is 4.90 Å². The SMILES string of the molecule is [C-]#[N+]/C(C#N)=C/c1cc2c(cc1C)N(CCOC(=O)CC)C(C)(C)CC2C. The van der Waals surface area contributed by atoms with Gasteiger partial charge in [-0.1, -0.05) is 19.9 Å². The van der Waals surface area contributed by atoms with Crippen LogP contribution in [0.3, 0.4) is 0 Å². The van der Waals surface area contributed by atoms with Crippen molar-refractivity contribution in [3.8, 4) is 6.07 Å². The first-order chi connectivity index (χ1) is 12.7. The zero-order chi connectivity index (χ0) is 20.2. The van der Waals surface area contributed by atoms with Gasteiger partial charge in [0.2, 0.25) is 0 Å². The number of carbonyl (C=O) groups is 1. The molecule has 1 atom stereocenters. The summed E-state index contributed by atoms with van der Waals surface area (Å²) < 4.78 is 5.31. The van der Waals surface area contributed by atoms with Crippen LogP contribution >= 0.6 is 0 Å². The van der Waals surface area contributed by atoms with E-state index >= 15 is 0 Å². The summed E-state index contributed by atoms with van der Waals surface area (Å²) in [5.41, 5.74) is 4.31. The number of benzene rings is 1. The van der Waals surface area contributed by atoms with E-state index < -0.39 is 0 Å². The maximum absolute atomic E-state index is 11.5. The highest BCUT2D eigenvalue weighted by atomic mass is 16.5. The van der Waals surface area contributed by atoms with Gasteiger partial charge in [0, 0.05) is 17.6 Å². The van der Waals surface area contributed by atoms with Crippen LogP contribution in [0.5, 0.6) is 0 Å². The number of hydrogen-bond donors (Lipinski definition) is 0. The molecule has 0 spiro atoms. The number of fused-ring (bicyclic) bond motifs is 1. The Hall–Kier alpha value is -2.79. The number of esters is 1. The summed E-state index contributed by atoms with van der Waals surface area (Å²) in [7, 11) is 0. The van der Waals surface area contributed by atoms with Gasteiger partial charge in [0.05, 0.1) is 19.2 Å². The lowest BCUT2D eigenvalue weighted by Crippen LogP contribution is -2.50. The van der Waals surface area contributed by atoms with Crippen LogP contribution in [0.4, 0.5) is 5.69 Å². The van der Waals surface area contributed by atoms with E-state index in [0.717, 1.165) is 23.2 Å². The number of ether oxygens (including phenoxy) is 1. The third kappa shape index (κ3) is 4.49. The molecule has 5 heteroatoms. The standard InChI is InChI=1S/C22H27N3O2/c1-7-21(26)27-9-8-25-20-10-15(2)17(11-18(14-23)24-6)12-19(20)16(3)13-22(25,4)5/h10-12,16H,7-9,13H2,1-5H3/b18-11+. The molecule has 1 aliphatic rings. The van der Waals surface area contributed by atoms with Crippen molar-refractivity contribution < 1.29 is 9.53 Å². The summed E-state index contributed by atoms with van der Waals surface area (Å²) >= 11 is 0. The topological polar surface area (TPSA) is 57.7 Å². The molecule has 0 saturated carbocycles. The molecule has 0 saturated heterocycles. The molecule has 1 aromatic carbocycles. The van der Waals surface area contributed by atoms with Gasteiger partial charge in [-0.2, -0.15) is 0 Å². The highest BCUT2D eigenvalue weighted by molar-refractivity contribution is 5.70. The van der Waals surface area contributed by atoms with Gasteiger partial charge in [0.15, 0.2) is 0 Å². The predicted molar refractivity (Wildman–Crippen MR) is 107 cm³/mol. The minimum atomic E-state index is -0.182. The minimum absolute atomic E-state index is 0.0524. The van der Waals surface area contributed by atoms with E-state index in [0.29, 0.717) is 25.5 Å². The van der Waals surface area contributed by atoms with Crippen LogP contribution in [0.2, 0.25) is 0 Å². The largest absolute Gasteiger partial charge is 0.464 e. The number of hydrogen-bond acceptors (Lipinski definition) is 4. The van der Waals surface area contributed by atoms with E-state index in [9.17, 15) is 4.79 Å². The maximum Gasteiger partial charge on any atom is 0.305 e. The third-order valence-electron chi connectivity index (χ3n) is 5.17. The molecule has 0 amide bonds. The Balaban J connectivity index is 2.43. The van der Waals surface area contributed by atoms with E-state index in [4.69, 9.17) is 16.6 Å². The van der Waals surface area contributed by atoms with E-state index in [-0.39, 0.29) is 17.2 Å². The Kier molecular flexibility index (Phi) is 6.28. The second kappa shape index (κ2) is 8.27. The monoisotopic (exact) mass is 365 g/mol. The molecule has 0 bridgehead atoms. The van der Waals surface area contributed by atoms with E-state index in [1.165, 1.54) is 5.56 Å². The van der Waals surface area contributed by atoms with Crippen molar-refractivity contribution in [2.45, 2.75) is 58.9 Å². The minimum Gasteiger partial charge on any atom is -0.464 e. The maximum atomic E-state index is 11.5. The number of rotatable bonds is 5. The second-order valence-corrected chi connectivity index (χ2v) is 7.66. The van der Waals surface area contributed by atoms with E-state index in [2.05, 4.69) is 42.6 Å². The first-order valence-electron chi connectivity index (χ1n) is 9.30. The molecular formula is C22H27N3O2. The van der Waals surface area contributed by atoms with Gasteiger partial charge < -0.3 is 9.64 Å². The average molecular weight is 365 g/mol. The number of carbonyl (C=O) groups excluding carboxylic acids is 1. The van der Waals surface area contributed by atoms with Gasteiger partial charge >= 0.3 is 5.97 Å².